The molecular weight excluding hydrogens is 423 g/mol. The Morgan fingerprint density at radius 2 is 1.73 bits per heavy atom. The van der Waals surface area contributed by atoms with Crippen molar-refractivity contribution in [1.82, 2.24) is 5.32 Å². The molecule has 2 aromatic carbocycles. The Labute approximate surface area is 179 Å². The molecule has 1 aromatic heterocycles. The largest absolute Gasteiger partial charge is 0.350 e. The van der Waals surface area contributed by atoms with Gasteiger partial charge in [-0.2, -0.15) is 0 Å². The zero-order valence-electron chi connectivity index (χ0n) is 16.3. The number of carbonyl (C=O) groups excluding carboxylic acids is 1. The normalized spacial score (nSPS) is 14.9. The Morgan fingerprint density at radius 3 is 2.37 bits per heavy atom. The number of thiophene rings is 1. The second-order valence-corrected chi connectivity index (χ2v) is 10.1. The molecule has 30 heavy (non-hydrogen) atoms. The molecule has 0 unspecified atom stereocenters. The maximum atomic E-state index is 13.2. The molecule has 0 radical (unpaired) electrons. The van der Waals surface area contributed by atoms with Crippen LogP contribution < -0.4 is 10.0 Å². The summed E-state index contributed by atoms with van der Waals surface area (Å²) in [6.45, 7) is 2.29. The Hall–Kier alpha value is -2.71. The molecule has 1 amide bonds. The van der Waals surface area contributed by atoms with Crippen LogP contribution in [0.1, 0.15) is 33.6 Å². The first kappa shape index (κ1) is 20.6. The molecule has 0 saturated heterocycles. The Balaban J connectivity index is 1.48. The molecule has 156 valence electrons. The van der Waals surface area contributed by atoms with Gasteiger partial charge in [0, 0.05) is 17.6 Å². The molecule has 0 spiro atoms. The number of hydrogen-bond acceptors (Lipinski definition) is 4. The molecule has 1 aliphatic carbocycles. The Kier molecular flexibility index (Phi) is 5.38. The lowest BCUT2D eigenvalue weighted by Gasteiger charge is -2.17. The average Bonchev–Trinajstić information content (AvgIpc) is 3.33. The van der Waals surface area contributed by atoms with Crippen molar-refractivity contribution < 1.29 is 17.6 Å². The highest BCUT2D eigenvalue weighted by molar-refractivity contribution is 7.93. The molecule has 0 aliphatic heterocycles. The SMILES string of the molecule is Cc1ccc(NS(=O)(=O)c2ccsc2C(=O)NCC2(c3ccc(F)cc3)CC2)cc1. The Morgan fingerprint density at radius 1 is 1.07 bits per heavy atom. The molecule has 4 rings (SSSR count). The zero-order valence-corrected chi connectivity index (χ0v) is 17.9. The van der Waals surface area contributed by atoms with Crippen LogP contribution in [0.25, 0.3) is 0 Å². The molecule has 3 aromatic rings. The minimum atomic E-state index is -3.90. The highest BCUT2D eigenvalue weighted by Crippen LogP contribution is 2.47. The van der Waals surface area contributed by atoms with Crippen molar-refractivity contribution in [2.45, 2.75) is 30.1 Å². The number of hydrogen-bond donors (Lipinski definition) is 2. The first-order valence-corrected chi connectivity index (χ1v) is 11.9. The van der Waals surface area contributed by atoms with Crippen LogP contribution in [0.5, 0.6) is 0 Å². The van der Waals surface area contributed by atoms with E-state index in [2.05, 4.69) is 10.0 Å². The molecule has 1 aliphatic rings. The summed E-state index contributed by atoms with van der Waals surface area (Å²) in [6.07, 6.45) is 1.78. The van der Waals surface area contributed by atoms with Gasteiger partial charge in [0.05, 0.1) is 0 Å². The lowest BCUT2D eigenvalue weighted by molar-refractivity contribution is 0.0951. The van der Waals surface area contributed by atoms with E-state index in [-0.39, 0.29) is 21.0 Å². The van der Waals surface area contributed by atoms with Crippen LogP contribution in [-0.2, 0) is 15.4 Å². The van der Waals surface area contributed by atoms with E-state index in [1.165, 1.54) is 18.2 Å². The van der Waals surface area contributed by atoms with E-state index in [4.69, 9.17) is 0 Å². The van der Waals surface area contributed by atoms with E-state index < -0.39 is 15.9 Å². The van der Waals surface area contributed by atoms with Gasteiger partial charge in [-0.3, -0.25) is 9.52 Å². The summed E-state index contributed by atoms with van der Waals surface area (Å²) in [5.74, 6) is -0.726. The van der Waals surface area contributed by atoms with Gasteiger partial charge < -0.3 is 5.32 Å². The van der Waals surface area contributed by atoms with Crippen LogP contribution in [0.4, 0.5) is 10.1 Å². The van der Waals surface area contributed by atoms with E-state index in [0.29, 0.717) is 12.2 Å². The number of nitrogens with one attached hydrogen (secondary N) is 2. The maximum Gasteiger partial charge on any atom is 0.263 e. The van der Waals surface area contributed by atoms with Crippen LogP contribution in [0.3, 0.4) is 0 Å². The number of benzene rings is 2. The average molecular weight is 445 g/mol. The number of aryl methyl sites for hydroxylation is 1. The third-order valence-corrected chi connectivity index (χ3v) is 7.79. The summed E-state index contributed by atoms with van der Waals surface area (Å²) < 4.78 is 41.4. The predicted octanol–water partition coefficient (Wildman–Crippen LogP) is 4.46. The van der Waals surface area contributed by atoms with Gasteiger partial charge in [-0.15, -0.1) is 11.3 Å². The molecule has 1 fully saturated rings. The van der Waals surface area contributed by atoms with Crippen molar-refractivity contribution in [3.8, 4) is 0 Å². The van der Waals surface area contributed by atoms with Crippen molar-refractivity contribution in [3.05, 3.63) is 81.8 Å². The molecule has 5 nitrogen and oxygen atoms in total. The monoisotopic (exact) mass is 444 g/mol. The van der Waals surface area contributed by atoms with Crippen LogP contribution in [0.15, 0.2) is 64.9 Å². The minimum absolute atomic E-state index is 0.0443. The van der Waals surface area contributed by atoms with Crippen molar-refractivity contribution in [1.29, 1.82) is 0 Å². The van der Waals surface area contributed by atoms with Gasteiger partial charge in [0.1, 0.15) is 15.6 Å². The summed E-state index contributed by atoms with van der Waals surface area (Å²) in [5, 5.41) is 4.46. The van der Waals surface area contributed by atoms with Crippen LogP contribution in [0, 0.1) is 12.7 Å². The summed E-state index contributed by atoms with van der Waals surface area (Å²) in [4.78, 5) is 12.9. The highest BCUT2D eigenvalue weighted by atomic mass is 32.2. The van der Waals surface area contributed by atoms with Gasteiger partial charge in [0.2, 0.25) is 0 Å². The topological polar surface area (TPSA) is 75.3 Å². The number of carbonyl (C=O) groups is 1. The van der Waals surface area contributed by atoms with Gasteiger partial charge in [0.15, 0.2) is 0 Å². The predicted molar refractivity (Wildman–Crippen MR) is 116 cm³/mol. The molecule has 0 atom stereocenters. The summed E-state index contributed by atoms with van der Waals surface area (Å²) in [6, 6.07) is 14.7. The standard InChI is InChI=1S/C22H21FN2O3S2/c1-15-2-8-18(9-3-15)25-30(27,28)19-10-13-29-20(19)21(26)24-14-22(11-12-22)16-4-6-17(23)7-5-16/h2-10,13,25H,11-12,14H2,1H3,(H,24,26). The molecule has 0 bridgehead atoms. The third-order valence-electron chi connectivity index (χ3n) is 5.33. The van der Waals surface area contributed by atoms with E-state index in [0.717, 1.165) is 35.3 Å². The van der Waals surface area contributed by atoms with Gasteiger partial charge in [-0.05, 0) is 61.0 Å². The van der Waals surface area contributed by atoms with Crippen molar-refractivity contribution in [2.75, 3.05) is 11.3 Å². The number of halogens is 1. The fourth-order valence-electron chi connectivity index (χ4n) is 3.36. The van der Waals surface area contributed by atoms with Gasteiger partial charge in [-0.25, -0.2) is 12.8 Å². The number of amides is 1. The van der Waals surface area contributed by atoms with Gasteiger partial charge in [-0.1, -0.05) is 29.8 Å². The van der Waals surface area contributed by atoms with E-state index in [1.807, 2.05) is 19.1 Å². The van der Waals surface area contributed by atoms with Crippen molar-refractivity contribution >= 4 is 33.0 Å². The van der Waals surface area contributed by atoms with Crippen LogP contribution in [-0.4, -0.2) is 20.9 Å². The second-order valence-electron chi connectivity index (χ2n) is 7.56. The zero-order chi connectivity index (χ0) is 21.4. The smallest absolute Gasteiger partial charge is 0.263 e. The lowest BCUT2D eigenvalue weighted by Crippen LogP contribution is -2.32. The maximum absolute atomic E-state index is 13.2. The van der Waals surface area contributed by atoms with E-state index >= 15 is 0 Å². The first-order chi connectivity index (χ1) is 14.3. The fourth-order valence-corrected chi connectivity index (χ4v) is 5.76. The molecule has 2 N–H and O–H groups in total. The third kappa shape index (κ3) is 4.24. The molecular formula is C22H21FN2O3S2. The summed E-state index contributed by atoms with van der Waals surface area (Å²) >= 11 is 1.09. The van der Waals surface area contributed by atoms with E-state index in [9.17, 15) is 17.6 Å². The lowest BCUT2D eigenvalue weighted by atomic mass is 9.96. The second kappa shape index (κ2) is 7.85. The van der Waals surface area contributed by atoms with Crippen LogP contribution >= 0.6 is 11.3 Å². The summed E-state index contributed by atoms with van der Waals surface area (Å²) in [7, 11) is -3.90. The Bertz CT molecular complexity index is 1170. The number of rotatable bonds is 7. The van der Waals surface area contributed by atoms with Crippen molar-refractivity contribution in [3.63, 3.8) is 0 Å². The molecule has 1 heterocycles. The number of anilines is 1. The molecule has 1 saturated carbocycles. The van der Waals surface area contributed by atoms with E-state index in [1.54, 1.807) is 29.6 Å². The number of sulfonamides is 1. The fraction of sp³-hybridized carbons (Fsp3) is 0.227. The van der Waals surface area contributed by atoms with Crippen LogP contribution in [0.2, 0.25) is 0 Å². The summed E-state index contributed by atoms with van der Waals surface area (Å²) in [5.41, 5.74) is 2.22. The molecule has 8 heteroatoms. The van der Waals surface area contributed by atoms with Gasteiger partial charge in [0.25, 0.3) is 15.9 Å². The first-order valence-electron chi connectivity index (χ1n) is 9.50. The minimum Gasteiger partial charge on any atom is -0.350 e. The quantitative estimate of drug-likeness (QED) is 0.565. The van der Waals surface area contributed by atoms with Crippen molar-refractivity contribution in [2.24, 2.45) is 0 Å². The highest BCUT2D eigenvalue weighted by Gasteiger charge is 2.44. The van der Waals surface area contributed by atoms with Gasteiger partial charge >= 0.3 is 0 Å².